The molecule has 1 aromatic carbocycles. The van der Waals surface area contributed by atoms with E-state index in [0.717, 1.165) is 22.6 Å². The Morgan fingerprint density at radius 3 is 2.89 bits per heavy atom. The number of hydrogen-bond donors (Lipinski definition) is 0. The summed E-state index contributed by atoms with van der Waals surface area (Å²) in [5.41, 5.74) is 1.79. The molecular formula is C13H11Cl2N3O. The molecule has 0 fully saturated rings. The van der Waals surface area contributed by atoms with Gasteiger partial charge in [0.15, 0.2) is 0 Å². The van der Waals surface area contributed by atoms with E-state index < -0.39 is 0 Å². The summed E-state index contributed by atoms with van der Waals surface area (Å²) < 4.78 is 7.49. The number of hydrogen-bond acceptors (Lipinski definition) is 3. The standard InChI is InChI=1S/C13H11Cl2N3O/c1-8-6-16-13(19-8)7-18-11-3-2-9(15)4-10(11)17-12(18)5-14/h2-4,6H,5,7H2,1H3. The first-order valence-corrected chi connectivity index (χ1v) is 6.70. The SMILES string of the molecule is Cc1cnc(Cn2c(CCl)nc3cc(Cl)ccc32)o1. The molecule has 2 heterocycles. The van der Waals surface area contributed by atoms with Crippen LogP contribution in [0.3, 0.4) is 0 Å². The molecular weight excluding hydrogens is 285 g/mol. The minimum Gasteiger partial charge on any atom is -0.444 e. The highest BCUT2D eigenvalue weighted by molar-refractivity contribution is 6.31. The zero-order valence-electron chi connectivity index (χ0n) is 10.2. The molecule has 2 aromatic heterocycles. The van der Waals surface area contributed by atoms with Crippen molar-refractivity contribution >= 4 is 34.2 Å². The second kappa shape index (κ2) is 4.87. The van der Waals surface area contributed by atoms with E-state index in [0.29, 0.717) is 23.3 Å². The second-order valence-corrected chi connectivity index (χ2v) is 4.95. The van der Waals surface area contributed by atoms with Gasteiger partial charge >= 0.3 is 0 Å². The van der Waals surface area contributed by atoms with Crippen molar-refractivity contribution in [1.29, 1.82) is 0 Å². The van der Waals surface area contributed by atoms with Crippen LogP contribution < -0.4 is 0 Å². The number of rotatable bonds is 3. The number of nitrogens with zero attached hydrogens (tertiary/aromatic N) is 3. The molecule has 0 bridgehead atoms. The van der Waals surface area contributed by atoms with Crippen molar-refractivity contribution < 1.29 is 4.42 Å². The van der Waals surface area contributed by atoms with Gasteiger partial charge in [-0.15, -0.1) is 11.6 Å². The Morgan fingerprint density at radius 2 is 2.21 bits per heavy atom. The highest BCUT2D eigenvalue weighted by Crippen LogP contribution is 2.22. The van der Waals surface area contributed by atoms with Crippen molar-refractivity contribution in [3.63, 3.8) is 0 Å². The lowest BCUT2D eigenvalue weighted by Crippen LogP contribution is -2.03. The number of oxazole rings is 1. The zero-order chi connectivity index (χ0) is 13.4. The molecule has 0 radical (unpaired) electrons. The fourth-order valence-electron chi connectivity index (χ4n) is 2.04. The molecule has 3 aromatic rings. The average Bonchev–Trinajstić information content (AvgIpc) is 2.94. The Hall–Kier alpha value is -1.52. The van der Waals surface area contributed by atoms with Gasteiger partial charge in [-0.3, -0.25) is 0 Å². The van der Waals surface area contributed by atoms with Crippen molar-refractivity contribution in [1.82, 2.24) is 14.5 Å². The van der Waals surface area contributed by atoms with Crippen molar-refractivity contribution in [2.75, 3.05) is 0 Å². The Balaban J connectivity index is 2.10. The molecule has 4 nitrogen and oxygen atoms in total. The van der Waals surface area contributed by atoms with Gasteiger partial charge in [-0.05, 0) is 25.1 Å². The first-order valence-electron chi connectivity index (χ1n) is 5.79. The fourth-order valence-corrected chi connectivity index (χ4v) is 2.41. The summed E-state index contributed by atoms with van der Waals surface area (Å²) in [5, 5.41) is 0.658. The summed E-state index contributed by atoms with van der Waals surface area (Å²) >= 11 is 11.9. The topological polar surface area (TPSA) is 43.9 Å². The van der Waals surface area contributed by atoms with Crippen LogP contribution in [0.1, 0.15) is 17.5 Å². The predicted molar refractivity (Wildman–Crippen MR) is 74.6 cm³/mol. The van der Waals surface area contributed by atoms with Gasteiger partial charge in [0, 0.05) is 5.02 Å². The van der Waals surface area contributed by atoms with Gasteiger partial charge < -0.3 is 8.98 Å². The third kappa shape index (κ3) is 2.33. The molecule has 98 valence electrons. The van der Waals surface area contributed by atoms with Gasteiger partial charge in [0.05, 0.1) is 23.1 Å². The lowest BCUT2D eigenvalue weighted by Gasteiger charge is -2.04. The number of aromatic nitrogens is 3. The molecule has 0 aliphatic heterocycles. The van der Waals surface area contributed by atoms with E-state index in [1.807, 2.05) is 29.7 Å². The van der Waals surface area contributed by atoms with Gasteiger partial charge in [0.25, 0.3) is 0 Å². The predicted octanol–water partition coefficient (Wildman–Crippen LogP) is 3.77. The molecule has 0 amide bonds. The maximum absolute atomic E-state index is 5.97. The van der Waals surface area contributed by atoms with E-state index in [2.05, 4.69) is 9.97 Å². The van der Waals surface area contributed by atoms with E-state index >= 15 is 0 Å². The summed E-state index contributed by atoms with van der Waals surface area (Å²) in [6.45, 7) is 2.37. The summed E-state index contributed by atoms with van der Waals surface area (Å²) in [7, 11) is 0. The number of alkyl halides is 1. The second-order valence-electron chi connectivity index (χ2n) is 4.25. The molecule has 19 heavy (non-hydrogen) atoms. The third-order valence-corrected chi connectivity index (χ3v) is 3.35. The number of halogens is 2. The van der Waals surface area contributed by atoms with Crippen LogP contribution in [-0.4, -0.2) is 14.5 Å². The van der Waals surface area contributed by atoms with Crippen LogP contribution in [0.5, 0.6) is 0 Å². The molecule has 6 heteroatoms. The van der Waals surface area contributed by atoms with E-state index in [-0.39, 0.29) is 0 Å². The van der Waals surface area contributed by atoms with Crippen LogP contribution in [0.25, 0.3) is 11.0 Å². The van der Waals surface area contributed by atoms with E-state index in [1.165, 1.54) is 0 Å². The average molecular weight is 296 g/mol. The van der Waals surface area contributed by atoms with E-state index in [1.54, 1.807) is 6.20 Å². The number of aryl methyl sites for hydroxylation is 1. The molecule has 0 saturated heterocycles. The Bertz CT molecular complexity index is 733. The lowest BCUT2D eigenvalue weighted by molar-refractivity contribution is 0.457. The third-order valence-electron chi connectivity index (χ3n) is 2.87. The van der Waals surface area contributed by atoms with Crippen molar-refractivity contribution in [2.45, 2.75) is 19.3 Å². The van der Waals surface area contributed by atoms with Crippen molar-refractivity contribution in [2.24, 2.45) is 0 Å². The summed E-state index contributed by atoms with van der Waals surface area (Å²) in [6, 6.07) is 5.58. The Kier molecular flexibility index (Phi) is 3.21. The number of fused-ring (bicyclic) bond motifs is 1. The molecule has 0 unspecified atom stereocenters. The van der Waals surface area contributed by atoms with Gasteiger partial charge in [-0.2, -0.15) is 0 Å². The zero-order valence-corrected chi connectivity index (χ0v) is 11.7. The maximum Gasteiger partial charge on any atom is 0.214 e. The molecule has 3 rings (SSSR count). The maximum atomic E-state index is 5.97. The fraction of sp³-hybridized carbons (Fsp3) is 0.231. The van der Waals surface area contributed by atoms with Crippen LogP contribution in [0.15, 0.2) is 28.8 Å². The monoisotopic (exact) mass is 295 g/mol. The molecule has 0 N–H and O–H groups in total. The highest BCUT2D eigenvalue weighted by Gasteiger charge is 2.12. The molecule has 0 aliphatic rings. The van der Waals surface area contributed by atoms with Gasteiger partial charge in [-0.1, -0.05) is 11.6 Å². The normalized spacial score (nSPS) is 11.3. The summed E-state index contributed by atoms with van der Waals surface area (Å²) in [4.78, 5) is 8.68. The molecule has 0 aliphatic carbocycles. The summed E-state index contributed by atoms with van der Waals surface area (Å²) in [5.74, 6) is 2.52. The molecule has 0 spiro atoms. The highest BCUT2D eigenvalue weighted by atomic mass is 35.5. The Labute approximate surface area is 120 Å². The molecule has 0 saturated carbocycles. The van der Waals surface area contributed by atoms with Crippen LogP contribution in [0.4, 0.5) is 0 Å². The largest absolute Gasteiger partial charge is 0.444 e. The first kappa shape index (κ1) is 12.5. The van der Waals surface area contributed by atoms with Crippen LogP contribution in [-0.2, 0) is 12.4 Å². The van der Waals surface area contributed by atoms with Gasteiger partial charge in [-0.25, -0.2) is 9.97 Å². The van der Waals surface area contributed by atoms with Gasteiger partial charge in [0.1, 0.15) is 18.1 Å². The lowest BCUT2D eigenvalue weighted by atomic mass is 10.3. The molecule has 0 atom stereocenters. The number of imidazole rings is 1. The van der Waals surface area contributed by atoms with Crippen molar-refractivity contribution in [3.8, 4) is 0 Å². The van der Waals surface area contributed by atoms with Gasteiger partial charge in [0.2, 0.25) is 5.89 Å². The van der Waals surface area contributed by atoms with E-state index in [4.69, 9.17) is 27.6 Å². The summed E-state index contributed by atoms with van der Waals surface area (Å²) in [6.07, 6.45) is 1.70. The van der Waals surface area contributed by atoms with Crippen molar-refractivity contribution in [3.05, 3.63) is 46.9 Å². The Morgan fingerprint density at radius 1 is 1.37 bits per heavy atom. The first-order chi connectivity index (χ1) is 9.17. The quantitative estimate of drug-likeness (QED) is 0.691. The smallest absolute Gasteiger partial charge is 0.214 e. The minimum atomic E-state index is 0.325. The number of benzene rings is 1. The van der Waals surface area contributed by atoms with Crippen LogP contribution >= 0.6 is 23.2 Å². The van der Waals surface area contributed by atoms with Crippen LogP contribution in [0, 0.1) is 6.92 Å². The van der Waals surface area contributed by atoms with Crippen LogP contribution in [0.2, 0.25) is 5.02 Å². The minimum absolute atomic E-state index is 0.325. The van der Waals surface area contributed by atoms with E-state index in [9.17, 15) is 0 Å².